The molecule has 1 amide bonds. The number of rotatable bonds is 2. The summed E-state index contributed by atoms with van der Waals surface area (Å²) >= 11 is 0. The van der Waals surface area contributed by atoms with E-state index in [1.165, 1.54) is 3.97 Å². The minimum Gasteiger partial charge on any atom is -0.444 e. The fourth-order valence-corrected chi connectivity index (χ4v) is 4.32. The highest BCUT2D eigenvalue weighted by atomic mass is 32.2. The number of hydrogen-bond donors (Lipinski definition) is 0. The molecule has 7 heteroatoms. The van der Waals surface area contributed by atoms with Crippen LogP contribution in [0, 0.1) is 6.92 Å². The molecular weight excluding hydrogens is 352 g/mol. The number of carbonyl (C=O) groups excluding carboxylic acids is 1. The topological polar surface area (TPSA) is 68.6 Å². The Morgan fingerprint density at radius 3 is 2.38 bits per heavy atom. The van der Waals surface area contributed by atoms with E-state index in [0.717, 1.165) is 11.1 Å². The second-order valence-corrected chi connectivity index (χ2v) is 9.37. The predicted octanol–water partition coefficient (Wildman–Crippen LogP) is 3.33. The summed E-state index contributed by atoms with van der Waals surface area (Å²) in [7, 11) is -3.70. The molecule has 0 unspecified atom stereocenters. The molecule has 0 atom stereocenters. The summed E-state index contributed by atoms with van der Waals surface area (Å²) in [4.78, 5) is 14.1. The first kappa shape index (κ1) is 18.5. The van der Waals surface area contributed by atoms with Crippen molar-refractivity contribution in [1.29, 1.82) is 0 Å². The molecule has 2 aromatic rings. The zero-order valence-electron chi connectivity index (χ0n) is 15.5. The average molecular weight is 376 g/mol. The lowest BCUT2D eigenvalue weighted by Gasteiger charge is -2.30. The van der Waals surface area contributed by atoms with Crippen LogP contribution in [0.1, 0.15) is 37.6 Å². The minimum atomic E-state index is -3.70. The summed E-state index contributed by atoms with van der Waals surface area (Å²) < 4.78 is 32.7. The molecule has 1 aliphatic rings. The Morgan fingerprint density at radius 1 is 1.12 bits per heavy atom. The molecule has 0 radical (unpaired) electrons. The minimum absolute atomic E-state index is 0.211. The molecule has 1 aliphatic heterocycles. The molecule has 0 bridgehead atoms. The van der Waals surface area contributed by atoms with Gasteiger partial charge in [-0.15, -0.1) is 0 Å². The smallest absolute Gasteiger partial charge is 0.410 e. The molecular formula is C19H24N2O4S. The van der Waals surface area contributed by atoms with Crippen LogP contribution in [0.4, 0.5) is 4.79 Å². The van der Waals surface area contributed by atoms with E-state index in [1.54, 1.807) is 35.4 Å². The van der Waals surface area contributed by atoms with Gasteiger partial charge < -0.3 is 9.64 Å². The predicted molar refractivity (Wildman–Crippen MR) is 98.5 cm³/mol. The normalized spacial score (nSPS) is 14.8. The fourth-order valence-electron chi connectivity index (χ4n) is 2.93. The number of aromatic nitrogens is 1. The van der Waals surface area contributed by atoms with Gasteiger partial charge in [0.25, 0.3) is 10.0 Å². The first-order valence-corrected chi connectivity index (χ1v) is 10.0. The van der Waals surface area contributed by atoms with Gasteiger partial charge in [0.15, 0.2) is 0 Å². The second-order valence-electron chi connectivity index (χ2n) is 7.55. The summed E-state index contributed by atoms with van der Waals surface area (Å²) in [6, 6.07) is 8.57. The third kappa shape index (κ3) is 3.62. The number of aryl methyl sites for hydroxylation is 1. The quantitative estimate of drug-likeness (QED) is 0.806. The highest BCUT2D eigenvalue weighted by Crippen LogP contribution is 2.26. The van der Waals surface area contributed by atoms with Gasteiger partial charge in [0.2, 0.25) is 0 Å². The van der Waals surface area contributed by atoms with Crippen molar-refractivity contribution in [2.75, 3.05) is 6.54 Å². The van der Waals surface area contributed by atoms with Gasteiger partial charge >= 0.3 is 6.09 Å². The van der Waals surface area contributed by atoms with Crippen molar-refractivity contribution >= 4 is 16.1 Å². The van der Waals surface area contributed by atoms with E-state index in [2.05, 4.69) is 0 Å². The molecule has 0 saturated heterocycles. The number of hydrogen-bond acceptors (Lipinski definition) is 4. The third-order valence-electron chi connectivity index (χ3n) is 4.27. The molecule has 0 spiro atoms. The molecule has 0 saturated carbocycles. The number of amides is 1. The molecule has 2 heterocycles. The first-order valence-electron chi connectivity index (χ1n) is 8.57. The number of fused-ring (bicyclic) bond motifs is 1. The van der Waals surface area contributed by atoms with Gasteiger partial charge in [-0.25, -0.2) is 17.2 Å². The fraction of sp³-hybridized carbons (Fsp3) is 0.421. The zero-order chi connectivity index (χ0) is 19.1. The van der Waals surface area contributed by atoms with Crippen LogP contribution < -0.4 is 0 Å². The van der Waals surface area contributed by atoms with E-state index >= 15 is 0 Å². The number of nitrogens with zero attached hydrogens (tertiary/aromatic N) is 2. The molecule has 3 rings (SSSR count). The van der Waals surface area contributed by atoms with Crippen molar-refractivity contribution in [2.45, 2.75) is 51.2 Å². The van der Waals surface area contributed by atoms with Crippen molar-refractivity contribution in [1.82, 2.24) is 8.87 Å². The maximum absolute atomic E-state index is 13.0. The molecule has 140 valence electrons. The maximum atomic E-state index is 13.0. The number of benzene rings is 1. The van der Waals surface area contributed by atoms with Crippen LogP contribution in [0.3, 0.4) is 0 Å². The lowest BCUT2D eigenvalue weighted by molar-refractivity contribution is 0.0221. The summed E-state index contributed by atoms with van der Waals surface area (Å²) in [5.74, 6) is 0. The zero-order valence-corrected chi connectivity index (χ0v) is 16.3. The van der Waals surface area contributed by atoms with Gasteiger partial charge in [0, 0.05) is 12.7 Å². The SMILES string of the molecule is Cc1ccc(S(=O)(=O)n2ccc3c2CN(C(=O)OC(C)(C)C)CC3)cc1. The molecule has 6 nitrogen and oxygen atoms in total. The van der Waals surface area contributed by atoms with Gasteiger partial charge in [-0.3, -0.25) is 0 Å². The van der Waals surface area contributed by atoms with Crippen molar-refractivity contribution in [3.05, 3.63) is 53.3 Å². The van der Waals surface area contributed by atoms with E-state index in [1.807, 2.05) is 33.8 Å². The van der Waals surface area contributed by atoms with Gasteiger partial charge in [0.05, 0.1) is 17.1 Å². The highest BCUT2D eigenvalue weighted by Gasteiger charge is 2.30. The van der Waals surface area contributed by atoms with Gasteiger partial charge in [0.1, 0.15) is 5.60 Å². The Labute approximate surface area is 154 Å². The number of ether oxygens (including phenoxy) is 1. The molecule has 0 aliphatic carbocycles. The van der Waals surface area contributed by atoms with E-state index in [-0.39, 0.29) is 11.4 Å². The summed E-state index contributed by atoms with van der Waals surface area (Å²) in [6.45, 7) is 8.06. The van der Waals surface area contributed by atoms with E-state index in [0.29, 0.717) is 18.7 Å². The molecule has 26 heavy (non-hydrogen) atoms. The highest BCUT2D eigenvalue weighted by molar-refractivity contribution is 7.90. The third-order valence-corrected chi connectivity index (χ3v) is 6.00. The van der Waals surface area contributed by atoms with E-state index in [4.69, 9.17) is 4.74 Å². The standard InChI is InChI=1S/C19H24N2O4S/c1-14-5-7-16(8-6-14)26(23,24)21-12-10-15-9-11-20(13-17(15)21)18(22)25-19(2,3)4/h5-8,10,12H,9,11,13H2,1-4H3. The van der Waals surface area contributed by atoms with Crippen LogP contribution in [0.2, 0.25) is 0 Å². The largest absolute Gasteiger partial charge is 0.444 e. The van der Waals surface area contributed by atoms with E-state index in [9.17, 15) is 13.2 Å². The lowest BCUT2D eigenvalue weighted by atomic mass is 10.1. The average Bonchev–Trinajstić information content (AvgIpc) is 2.97. The number of carbonyl (C=O) groups is 1. The van der Waals surface area contributed by atoms with Gasteiger partial charge in [-0.05, 0) is 57.9 Å². The molecule has 1 aromatic carbocycles. The molecule has 0 N–H and O–H groups in total. The van der Waals surface area contributed by atoms with Crippen molar-refractivity contribution in [3.8, 4) is 0 Å². The van der Waals surface area contributed by atoms with Gasteiger partial charge in [-0.1, -0.05) is 17.7 Å². The summed E-state index contributed by atoms with van der Waals surface area (Å²) in [5, 5.41) is 0. The van der Waals surface area contributed by atoms with Crippen LogP contribution in [0.5, 0.6) is 0 Å². The van der Waals surface area contributed by atoms with Crippen molar-refractivity contribution in [2.24, 2.45) is 0 Å². The molecule has 0 fully saturated rings. The van der Waals surface area contributed by atoms with E-state index < -0.39 is 21.7 Å². The Bertz CT molecular complexity index is 921. The first-order chi connectivity index (χ1) is 12.1. The Kier molecular flexibility index (Phi) is 4.60. The maximum Gasteiger partial charge on any atom is 0.410 e. The lowest BCUT2D eigenvalue weighted by Crippen LogP contribution is -2.40. The van der Waals surface area contributed by atoms with Crippen LogP contribution in [0.15, 0.2) is 41.4 Å². The summed E-state index contributed by atoms with van der Waals surface area (Å²) in [5.41, 5.74) is 1.96. The van der Waals surface area contributed by atoms with Crippen molar-refractivity contribution < 1.29 is 17.9 Å². The Morgan fingerprint density at radius 2 is 1.77 bits per heavy atom. The van der Waals surface area contributed by atoms with Crippen LogP contribution in [-0.2, 0) is 27.7 Å². The Hall–Kier alpha value is -2.28. The summed E-state index contributed by atoms with van der Waals surface area (Å²) in [6.07, 6.45) is 1.74. The Balaban J connectivity index is 1.91. The molecule has 1 aromatic heterocycles. The monoisotopic (exact) mass is 376 g/mol. The van der Waals surface area contributed by atoms with Crippen LogP contribution >= 0.6 is 0 Å². The van der Waals surface area contributed by atoms with Crippen LogP contribution in [-0.4, -0.2) is 35.5 Å². The second kappa shape index (κ2) is 6.46. The van der Waals surface area contributed by atoms with Crippen molar-refractivity contribution in [3.63, 3.8) is 0 Å². The van der Waals surface area contributed by atoms with Gasteiger partial charge in [-0.2, -0.15) is 0 Å². The van der Waals surface area contributed by atoms with Crippen LogP contribution in [0.25, 0.3) is 0 Å².